The van der Waals surface area contributed by atoms with Crippen LogP contribution in [0.5, 0.6) is 0 Å². The van der Waals surface area contributed by atoms with Crippen LogP contribution in [0.3, 0.4) is 0 Å². The number of nitrogens with one attached hydrogen (secondary N) is 2. The van der Waals surface area contributed by atoms with Gasteiger partial charge in [-0.2, -0.15) is 0 Å². The van der Waals surface area contributed by atoms with Gasteiger partial charge in [-0.3, -0.25) is 14.2 Å². The van der Waals surface area contributed by atoms with Crippen LogP contribution in [0.25, 0.3) is 22.2 Å². The molecule has 0 aliphatic rings. The Morgan fingerprint density at radius 2 is 2.00 bits per heavy atom. The average Bonchev–Trinajstić information content (AvgIpc) is 3.14. The van der Waals surface area contributed by atoms with Crippen LogP contribution < -0.4 is 10.9 Å². The number of hydrogen-bond acceptors (Lipinski definition) is 4. The molecule has 0 aliphatic heterocycles. The molecule has 4 aromatic rings. The number of amides is 1. The lowest BCUT2D eigenvalue weighted by molar-refractivity contribution is -0.113. The summed E-state index contributed by atoms with van der Waals surface area (Å²) in [4.78, 5) is 32.5. The number of carbonyl (C=O) groups is 1. The van der Waals surface area contributed by atoms with Crippen LogP contribution in [-0.2, 0) is 11.8 Å². The predicted octanol–water partition coefficient (Wildman–Crippen LogP) is 3.80. The summed E-state index contributed by atoms with van der Waals surface area (Å²) >= 11 is 1.15. The molecule has 0 saturated carbocycles. The molecular weight excluding hydrogens is 391 g/mol. The normalized spacial score (nSPS) is 11.0. The summed E-state index contributed by atoms with van der Waals surface area (Å²) < 4.78 is 14.7. The number of aromatic nitrogens is 3. The van der Waals surface area contributed by atoms with Crippen molar-refractivity contribution in [2.24, 2.45) is 7.05 Å². The Hall–Kier alpha value is -3.39. The summed E-state index contributed by atoms with van der Waals surface area (Å²) in [5.41, 5.74) is 2.91. The van der Waals surface area contributed by atoms with Gasteiger partial charge in [-0.1, -0.05) is 48.2 Å². The Labute approximate surface area is 169 Å². The molecule has 0 bridgehead atoms. The standard InChI is InChI=1S/C21H17FN4O2S/c1-26-20(28)19-18(16(11-23-19)13-6-3-2-4-7-13)25-21(26)29-12-17(27)24-15-9-5-8-14(22)10-15/h2-11,23H,12H2,1H3,(H,24,27). The Balaban J connectivity index is 1.59. The number of hydrogen-bond donors (Lipinski definition) is 2. The van der Waals surface area contributed by atoms with Crippen molar-refractivity contribution in [1.82, 2.24) is 14.5 Å². The molecule has 4 rings (SSSR count). The van der Waals surface area contributed by atoms with Gasteiger partial charge in [0.1, 0.15) is 16.9 Å². The van der Waals surface area contributed by atoms with Gasteiger partial charge in [-0.05, 0) is 23.8 Å². The molecule has 0 atom stereocenters. The number of carbonyl (C=O) groups excluding carboxylic acids is 1. The smallest absolute Gasteiger partial charge is 0.278 e. The highest BCUT2D eigenvalue weighted by molar-refractivity contribution is 7.99. The number of thioether (sulfide) groups is 1. The first-order chi connectivity index (χ1) is 14.0. The van der Waals surface area contributed by atoms with Crippen molar-refractivity contribution in [2.45, 2.75) is 5.16 Å². The largest absolute Gasteiger partial charge is 0.355 e. The van der Waals surface area contributed by atoms with Gasteiger partial charge >= 0.3 is 0 Å². The van der Waals surface area contributed by atoms with Crippen LogP contribution in [0.4, 0.5) is 10.1 Å². The molecule has 2 N–H and O–H groups in total. The summed E-state index contributed by atoms with van der Waals surface area (Å²) in [7, 11) is 1.62. The van der Waals surface area contributed by atoms with Gasteiger partial charge in [0.15, 0.2) is 5.16 Å². The van der Waals surface area contributed by atoms with Crippen molar-refractivity contribution < 1.29 is 9.18 Å². The maximum Gasteiger partial charge on any atom is 0.278 e. The summed E-state index contributed by atoms with van der Waals surface area (Å²) in [5.74, 6) is -0.703. The van der Waals surface area contributed by atoms with Crippen LogP contribution in [-0.4, -0.2) is 26.2 Å². The first-order valence-electron chi connectivity index (χ1n) is 8.84. The van der Waals surface area contributed by atoms with E-state index >= 15 is 0 Å². The summed E-state index contributed by atoms with van der Waals surface area (Å²) in [5, 5.41) is 3.06. The zero-order valence-electron chi connectivity index (χ0n) is 15.5. The van der Waals surface area contributed by atoms with E-state index in [-0.39, 0.29) is 17.2 Å². The molecule has 8 heteroatoms. The maximum atomic E-state index is 13.3. The van der Waals surface area contributed by atoms with E-state index in [9.17, 15) is 14.0 Å². The van der Waals surface area contributed by atoms with Crippen LogP contribution in [0.2, 0.25) is 0 Å². The Kier molecular flexibility index (Phi) is 5.18. The number of aromatic amines is 1. The molecule has 2 aromatic carbocycles. The third kappa shape index (κ3) is 3.93. The fourth-order valence-corrected chi connectivity index (χ4v) is 3.75. The van der Waals surface area contributed by atoms with Crippen molar-refractivity contribution in [3.63, 3.8) is 0 Å². The van der Waals surface area contributed by atoms with E-state index in [1.54, 1.807) is 19.3 Å². The molecule has 29 heavy (non-hydrogen) atoms. The van der Waals surface area contributed by atoms with Crippen LogP contribution in [0, 0.1) is 5.82 Å². The highest BCUT2D eigenvalue weighted by atomic mass is 32.2. The van der Waals surface area contributed by atoms with E-state index in [2.05, 4.69) is 15.3 Å². The number of halogens is 1. The maximum absolute atomic E-state index is 13.3. The van der Waals surface area contributed by atoms with E-state index in [1.807, 2.05) is 30.3 Å². The Bertz CT molecular complexity index is 1250. The number of H-pyrrole nitrogens is 1. The molecule has 146 valence electrons. The quantitative estimate of drug-likeness (QED) is 0.389. The molecule has 2 heterocycles. The van der Waals surface area contributed by atoms with Crippen LogP contribution in [0.1, 0.15) is 0 Å². The van der Waals surface area contributed by atoms with E-state index in [4.69, 9.17) is 0 Å². The summed E-state index contributed by atoms with van der Waals surface area (Å²) in [6.07, 6.45) is 1.76. The SMILES string of the molecule is Cn1c(SCC(=O)Nc2cccc(F)c2)nc2c(-c3ccccc3)c[nH]c2c1=O. The fraction of sp³-hybridized carbons (Fsp3) is 0.0952. The number of nitrogens with zero attached hydrogens (tertiary/aromatic N) is 2. The van der Waals surface area contributed by atoms with Crippen LogP contribution in [0.15, 0.2) is 70.7 Å². The second kappa shape index (κ2) is 7.92. The molecule has 2 aromatic heterocycles. The second-order valence-corrected chi connectivity index (χ2v) is 7.34. The van der Waals surface area contributed by atoms with E-state index in [1.165, 1.54) is 22.8 Å². The third-order valence-corrected chi connectivity index (χ3v) is 5.42. The lowest BCUT2D eigenvalue weighted by Gasteiger charge is -2.08. The van der Waals surface area contributed by atoms with Gasteiger partial charge in [0.25, 0.3) is 5.56 Å². The molecule has 6 nitrogen and oxygen atoms in total. The lowest BCUT2D eigenvalue weighted by atomic mass is 10.1. The minimum absolute atomic E-state index is 0.0351. The number of anilines is 1. The van der Waals surface area contributed by atoms with Crippen molar-refractivity contribution in [2.75, 3.05) is 11.1 Å². The van der Waals surface area contributed by atoms with Gasteiger partial charge in [-0.25, -0.2) is 9.37 Å². The van der Waals surface area contributed by atoms with Gasteiger partial charge in [0, 0.05) is 24.5 Å². The second-order valence-electron chi connectivity index (χ2n) is 6.40. The Morgan fingerprint density at radius 1 is 1.21 bits per heavy atom. The minimum Gasteiger partial charge on any atom is -0.355 e. The van der Waals surface area contributed by atoms with E-state index in [0.29, 0.717) is 21.9 Å². The topological polar surface area (TPSA) is 79.8 Å². The number of rotatable bonds is 5. The van der Waals surface area contributed by atoms with Gasteiger partial charge in [0.2, 0.25) is 5.91 Å². The number of benzene rings is 2. The third-order valence-electron chi connectivity index (χ3n) is 4.39. The zero-order valence-corrected chi connectivity index (χ0v) is 16.3. The molecule has 1 amide bonds. The predicted molar refractivity (Wildman–Crippen MR) is 113 cm³/mol. The molecule has 0 radical (unpaired) electrons. The molecule has 0 unspecified atom stereocenters. The van der Waals surface area contributed by atoms with Crippen molar-refractivity contribution in [3.8, 4) is 11.1 Å². The van der Waals surface area contributed by atoms with Crippen LogP contribution >= 0.6 is 11.8 Å². The van der Waals surface area contributed by atoms with Gasteiger partial charge < -0.3 is 10.3 Å². The highest BCUT2D eigenvalue weighted by Crippen LogP contribution is 2.27. The van der Waals surface area contributed by atoms with E-state index < -0.39 is 5.82 Å². The first kappa shape index (κ1) is 18.9. The first-order valence-corrected chi connectivity index (χ1v) is 9.83. The lowest BCUT2D eigenvalue weighted by Crippen LogP contribution is -2.21. The fourth-order valence-electron chi connectivity index (χ4n) is 2.98. The summed E-state index contributed by atoms with van der Waals surface area (Å²) in [6.45, 7) is 0. The highest BCUT2D eigenvalue weighted by Gasteiger charge is 2.16. The zero-order chi connectivity index (χ0) is 20.4. The van der Waals surface area contributed by atoms with Crippen molar-refractivity contribution >= 4 is 34.4 Å². The van der Waals surface area contributed by atoms with Crippen molar-refractivity contribution in [3.05, 3.63) is 77.0 Å². The van der Waals surface area contributed by atoms with Gasteiger partial charge in [-0.15, -0.1) is 0 Å². The number of fused-ring (bicyclic) bond motifs is 1. The Morgan fingerprint density at radius 3 is 2.76 bits per heavy atom. The molecule has 0 saturated heterocycles. The molecule has 0 fully saturated rings. The van der Waals surface area contributed by atoms with Gasteiger partial charge in [0.05, 0.1) is 5.75 Å². The summed E-state index contributed by atoms with van der Waals surface area (Å²) in [6, 6.07) is 15.3. The van der Waals surface area contributed by atoms with Crippen molar-refractivity contribution in [1.29, 1.82) is 0 Å². The monoisotopic (exact) mass is 408 g/mol. The average molecular weight is 408 g/mol. The molecule has 0 aliphatic carbocycles. The minimum atomic E-state index is -0.425. The molecule has 0 spiro atoms. The van der Waals surface area contributed by atoms with E-state index in [0.717, 1.165) is 22.9 Å². The molecular formula is C21H17FN4O2S.